The third-order valence-electron chi connectivity index (χ3n) is 3.93. The number of pyridine rings is 2. The van der Waals surface area contributed by atoms with Crippen LogP contribution < -0.4 is 9.62 Å². The number of nitrogens with one attached hydrogen (secondary N) is 1. The largest absolute Gasteiger partial charge is 0.348 e. The van der Waals surface area contributed by atoms with Crippen molar-refractivity contribution in [2.24, 2.45) is 0 Å². The molecule has 0 radical (unpaired) electrons. The average Bonchev–Trinajstić information content (AvgIpc) is 2.73. The van der Waals surface area contributed by atoms with Crippen LogP contribution in [0.3, 0.4) is 0 Å². The Labute approximate surface area is 157 Å². The Kier molecular flexibility index (Phi) is 5.46. The Morgan fingerprint density at radius 3 is 2.52 bits per heavy atom. The molecule has 0 aliphatic carbocycles. The van der Waals surface area contributed by atoms with Gasteiger partial charge in [-0.25, -0.2) is 8.42 Å². The van der Waals surface area contributed by atoms with E-state index < -0.39 is 10.0 Å². The predicted octanol–water partition coefficient (Wildman–Crippen LogP) is 2.23. The van der Waals surface area contributed by atoms with E-state index in [1.165, 1.54) is 37.6 Å². The topological polar surface area (TPSA) is 92.3 Å². The van der Waals surface area contributed by atoms with Crippen LogP contribution in [0.5, 0.6) is 0 Å². The van der Waals surface area contributed by atoms with Crippen LogP contribution in [0.15, 0.2) is 78.2 Å². The lowest BCUT2D eigenvalue weighted by Crippen LogP contribution is -2.28. The van der Waals surface area contributed by atoms with Crippen molar-refractivity contribution in [3.8, 4) is 0 Å². The molecule has 8 heteroatoms. The number of carbonyl (C=O) groups is 1. The van der Waals surface area contributed by atoms with E-state index >= 15 is 0 Å². The van der Waals surface area contributed by atoms with Crippen LogP contribution in [0.4, 0.5) is 5.69 Å². The van der Waals surface area contributed by atoms with E-state index in [2.05, 4.69) is 15.3 Å². The molecule has 0 bridgehead atoms. The number of benzene rings is 1. The van der Waals surface area contributed by atoms with Gasteiger partial charge in [-0.15, -0.1) is 0 Å². The summed E-state index contributed by atoms with van der Waals surface area (Å²) >= 11 is 0. The van der Waals surface area contributed by atoms with Crippen LogP contribution in [0.2, 0.25) is 0 Å². The van der Waals surface area contributed by atoms with Crippen molar-refractivity contribution in [3.63, 3.8) is 0 Å². The maximum atomic E-state index is 12.7. The van der Waals surface area contributed by atoms with Gasteiger partial charge in [-0.1, -0.05) is 24.3 Å². The minimum absolute atomic E-state index is 0.166. The van der Waals surface area contributed by atoms with Gasteiger partial charge in [-0.2, -0.15) is 0 Å². The number of carbonyl (C=O) groups excluding carboxylic acids is 1. The molecule has 0 spiro atoms. The van der Waals surface area contributed by atoms with E-state index in [1.807, 2.05) is 6.07 Å². The molecule has 1 amide bonds. The van der Waals surface area contributed by atoms with E-state index in [1.54, 1.807) is 36.7 Å². The molecule has 0 aliphatic heterocycles. The summed E-state index contributed by atoms with van der Waals surface area (Å²) in [5.41, 5.74) is 1.43. The van der Waals surface area contributed by atoms with Crippen LogP contribution in [0.25, 0.3) is 0 Å². The molecule has 7 nitrogen and oxygen atoms in total. The first-order valence-corrected chi connectivity index (χ1v) is 9.58. The normalized spacial score (nSPS) is 11.0. The molecule has 3 rings (SSSR count). The number of anilines is 1. The van der Waals surface area contributed by atoms with Gasteiger partial charge < -0.3 is 5.32 Å². The van der Waals surface area contributed by atoms with Crippen molar-refractivity contribution in [2.45, 2.75) is 11.4 Å². The minimum Gasteiger partial charge on any atom is -0.348 e. The summed E-state index contributed by atoms with van der Waals surface area (Å²) in [6.45, 7) is 0.315. The van der Waals surface area contributed by atoms with Crippen LogP contribution in [-0.4, -0.2) is 31.3 Å². The highest BCUT2D eigenvalue weighted by molar-refractivity contribution is 7.92. The zero-order valence-electron chi connectivity index (χ0n) is 14.6. The van der Waals surface area contributed by atoms with Gasteiger partial charge in [-0.3, -0.25) is 19.1 Å². The Bertz CT molecular complexity index is 1030. The fraction of sp³-hybridized carbons (Fsp3) is 0.105. The fourth-order valence-electron chi connectivity index (χ4n) is 2.40. The second kappa shape index (κ2) is 7.96. The average molecular weight is 382 g/mol. The Hall–Kier alpha value is -3.26. The lowest BCUT2D eigenvalue weighted by Gasteiger charge is -2.19. The van der Waals surface area contributed by atoms with Crippen LogP contribution in [0, 0.1) is 0 Å². The van der Waals surface area contributed by atoms with Crippen molar-refractivity contribution in [3.05, 3.63) is 84.4 Å². The summed E-state index contributed by atoms with van der Waals surface area (Å²) in [4.78, 5) is 20.5. The molecule has 0 aliphatic rings. The van der Waals surface area contributed by atoms with Gasteiger partial charge in [0.25, 0.3) is 15.9 Å². The Morgan fingerprint density at radius 1 is 1.04 bits per heavy atom. The Balaban J connectivity index is 1.77. The third kappa shape index (κ3) is 4.29. The van der Waals surface area contributed by atoms with Gasteiger partial charge >= 0.3 is 0 Å². The minimum atomic E-state index is -3.74. The molecule has 27 heavy (non-hydrogen) atoms. The van der Waals surface area contributed by atoms with Crippen molar-refractivity contribution in [1.29, 1.82) is 0 Å². The number of aromatic nitrogens is 2. The molecule has 0 saturated carbocycles. The number of nitrogens with zero attached hydrogens (tertiary/aromatic N) is 3. The summed E-state index contributed by atoms with van der Waals surface area (Å²) in [6, 6.07) is 13.2. The number of hydrogen-bond donors (Lipinski definition) is 1. The van der Waals surface area contributed by atoms with Gasteiger partial charge in [0.05, 0.1) is 22.3 Å². The summed E-state index contributed by atoms with van der Waals surface area (Å²) in [5.74, 6) is -0.348. The molecule has 0 fully saturated rings. The number of hydrogen-bond acceptors (Lipinski definition) is 5. The van der Waals surface area contributed by atoms with Crippen LogP contribution >= 0.6 is 0 Å². The maximum absolute atomic E-state index is 12.7. The summed E-state index contributed by atoms with van der Waals surface area (Å²) in [5, 5.41) is 2.76. The first-order valence-electron chi connectivity index (χ1n) is 8.14. The maximum Gasteiger partial charge on any atom is 0.264 e. The van der Waals surface area contributed by atoms with E-state index in [4.69, 9.17) is 0 Å². The van der Waals surface area contributed by atoms with Crippen molar-refractivity contribution >= 4 is 21.6 Å². The molecular weight excluding hydrogens is 364 g/mol. The van der Waals surface area contributed by atoms with Gasteiger partial charge in [-0.05, 0) is 29.8 Å². The number of amides is 1. The van der Waals surface area contributed by atoms with Gasteiger partial charge in [0, 0.05) is 32.2 Å². The highest BCUT2D eigenvalue weighted by Gasteiger charge is 2.22. The van der Waals surface area contributed by atoms with Crippen molar-refractivity contribution in [2.75, 3.05) is 11.4 Å². The molecule has 0 unspecified atom stereocenters. The molecule has 3 aromatic rings. The molecule has 2 heterocycles. The van der Waals surface area contributed by atoms with Crippen LogP contribution in [0.1, 0.15) is 15.9 Å². The van der Waals surface area contributed by atoms with E-state index in [-0.39, 0.29) is 16.4 Å². The van der Waals surface area contributed by atoms with Gasteiger partial charge in [0.15, 0.2) is 0 Å². The standard InChI is InChI=1S/C19H18N4O3S/c1-23(27(25,26)18-7-3-2-4-8-18)17-10-16(13-21-14-17)19(24)22-12-15-6-5-9-20-11-15/h2-11,13-14H,12H2,1H3,(H,22,24). The third-order valence-corrected chi connectivity index (χ3v) is 5.73. The number of rotatable bonds is 6. The lowest BCUT2D eigenvalue weighted by atomic mass is 10.2. The second-order valence-corrected chi connectivity index (χ2v) is 7.73. The highest BCUT2D eigenvalue weighted by Crippen LogP contribution is 2.21. The SMILES string of the molecule is CN(c1cncc(C(=O)NCc2cccnc2)c1)S(=O)(=O)c1ccccc1. The summed E-state index contributed by atoms with van der Waals surface area (Å²) < 4.78 is 26.5. The van der Waals surface area contributed by atoms with Gasteiger partial charge in [0.1, 0.15) is 0 Å². The fourth-order valence-corrected chi connectivity index (χ4v) is 3.60. The smallest absolute Gasteiger partial charge is 0.264 e. The van der Waals surface area contributed by atoms with Crippen LogP contribution in [-0.2, 0) is 16.6 Å². The highest BCUT2D eigenvalue weighted by atomic mass is 32.2. The molecule has 138 valence electrons. The van der Waals surface area contributed by atoms with Gasteiger partial charge in [0.2, 0.25) is 0 Å². The lowest BCUT2D eigenvalue weighted by molar-refractivity contribution is 0.0950. The monoisotopic (exact) mass is 382 g/mol. The molecule has 0 atom stereocenters. The molecule has 1 aromatic carbocycles. The zero-order chi connectivity index (χ0) is 19.3. The van der Waals surface area contributed by atoms with Crippen molar-refractivity contribution in [1.82, 2.24) is 15.3 Å². The predicted molar refractivity (Wildman–Crippen MR) is 102 cm³/mol. The molecular formula is C19H18N4O3S. The molecule has 0 saturated heterocycles. The first-order chi connectivity index (χ1) is 13.0. The van der Waals surface area contributed by atoms with E-state index in [9.17, 15) is 13.2 Å². The number of sulfonamides is 1. The second-order valence-electron chi connectivity index (χ2n) is 5.76. The zero-order valence-corrected chi connectivity index (χ0v) is 15.4. The molecule has 2 aromatic heterocycles. The van der Waals surface area contributed by atoms with E-state index in [0.29, 0.717) is 12.2 Å². The first kappa shape index (κ1) is 18.5. The molecule has 1 N–H and O–H groups in total. The van der Waals surface area contributed by atoms with Crippen molar-refractivity contribution < 1.29 is 13.2 Å². The Morgan fingerprint density at radius 2 is 1.81 bits per heavy atom. The van der Waals surface area contributed by atoms with E-state index in [0.717, 1.165) is 9.87 Å². The quantitative estimate of drug-likeness (QED) is 0.706. The summed E-state index contributed by atoms with van der Waals surface area (Å²) in [6.07, 6.45) is 6.11. The summed E-state index contributed by atoms with van der Waals surface area (Å²) in [7, 11) is -2.31.